The third kappa shape index (κ3) is 3.48. The highest BCUT2D eigenvalue weighted by Crippen LogP contribution is 2.18. The maximum atomic E-state index is 11.8. The maximum absolute atomic E-state index is 11.8. The highest BCUT2D eigenvalue weighted by Gasteiger charge is 2.09. The normalized spacial score (nSPS) is 10.7. The van der Waals surface area contributed by atoms with Crippen molar-refractivity contribution in [3.63, 3.8) is 0 Å². The number of nitrogens with one attached hydrogen (secondary N) is 1. The van der Waals surface area contributed by atoms with E-state index in [0.29, 0.717) is 10.6 Å². The third-order valence-electron chi connectivity index (χ3n) is 2.53. The lowest BCUT2D eigenvalue weighted by Crippen LogP contribution is -2.10. The van der Waals surface area contributed by atoms with Gasteiger partial charge in [-0.3, -0.25) is 4.79 Å². The van der Waals surface area contributed by atoms with E-state index >= 15 is 0 Å². The summed E-state index contributed by atoms with van der Waals surface area (Å²) >= 11 is 1.01. The number of rotatable bonds is 4. The van der Waals surface area contributed by atoms with Gasteiger partial charge in [-0.1, -0.05) is 10.6 Å². The van der Waals surface area contributed by atoms with Gasteiger partial charge in [-0.05, 0) is 47.8 Å². The molecule has 2 aromatic rings. The molecule has 2 N–H and O–H groups in total. The van der Waals surface area contributed by atoms with Crippen LogP contribution in [0.3, 0.4) is 0 Å². The van der Waals surface area contributed by atoms with Gasteiger partial charge in [0.1, 0.15) is 4.88 Å². The van der Waals surface area contributed by atoms with E-state index in [0.717, 1.165) is 28.7 Å². The average Bonchev–Trinajstić information content (AvgIpc) is 2.93. The van der Waals surface area contributed by atoms with Crippen LogP contribution in [0.15, 0.2) is 30.5 Å². The second-order valence-electron chi connectivity index (χ2n) is 3.98. The lowest BCUT2D eigenvalue weighted by molar-refractivity contribution is -0.131. The third-order valence-corrected chi connectivity index (χ3v) is 3.19. The van der Waals surface area contributed by atoms with Gasteiger partial charge < -0.3 is 10.4 Å². The van der Waals surface area contributed by atoms with Gasteiger partial charge in [0.15, 0.2) is 0 Å². The average molecular weight is 289 g/mol. The molecule has 0 bridgehead atoms. The first-order valence-electron chi connectivity index (χ1n) is 5.66. The van der Waals surface area contributed by atoms with Gasteiger partial charge in [0, 0.05) is 11.8 Å². The van der Waals surface area contributed by atoms with Crippen molar-refractivity contribution in [1.82, 2.24) is 9.59 Å². The van der Waals surface area contributed by atoms with E-state index in [4.69, 9.17) is 5.11 Å². The number of aryl methyl sites for hydroxylation is 1. The standard InChI is InChI=1S/C13H11N3O3S/c1-8-2-4-10(6-9(8)3-5-12(17)18)15-13(19)11-7-14-16-20-11/h2-7H,1H3,(H,15,19)(H,17,18). The van der Waals surface area contributed by atoms with Gasteiger partial charge in [-0.15, -0.1) is 5.10 Å². The number of aromatic nitrogens is 2. The van der Waals surface area contributed by atoms with E-state index in [1.807, 2.05) is 13.0 Å². The Hall–Kier alpha value is -2.54. The molecule has 6 nitrogen and oxygen atoms in total. The number of benzene rings is 1. The number of amides is 1. The first kappa shape index (κ1) is 13.9. The minimum atomic E-state index is -1.02. The van der Waals surface area contributed by atoms with Crippen molar-refractivity contribution < 1.29 is 14.7 Å². The van der Waals surface area contributed by atoms with Crippen molar-refractivity contribution in [3.05, 3.63) is 46.5 Å². The first-order chi connectivity index (χ1) is 9.56. The van der Waals surface area contributed by atoms with E-state index in [1.54, 1.807) is 12.1 Å². The van der Waals surface area contributed by atoms with Crippen molar-refractivity contribution in [2.75, 3.05) is 5.32 Å². The summed E-state index contributed by atoms with van der Waals surface area (Å²) in [4.78, 5) is 22.8. The van der Waals surface area contributed by atoms with E-state index < -0.39 is 5.97 Å². The smallest absolute Gasteiger partial charge is 0.328 e. The zero-order valence-electron chi connectivity index (χ0n) is 10.5. The van der Waals surface area contributed by atoms with Crippen LogP contribution in [0, 0.1) is 6.92 Å². The Labute approximate surface area is 118 Å². The Kier molecular flexibility index (Phi) is 4.21. The summed E-state index contributed by atoms with van der Waals surface area (Å²) in [6.45, 7) is 1.86. The summed E-state index contributed by atoms with van der Waals surface area (Å²) in [6.07, 6.45) is 3.93. The number of carbonyl (C=O) groups excluding carboxylic acids is 1. The molecule has 0 aliphatic rings. The van der Waals surface area contributed by atoms with Crippen molar-refractivity contribution >= 4 is 35.2 Å². The van der Waals surface area contributed by atoms with E-state index in [9.17, 15) is 9.59 Å². The highest BCUT2D eigenvalue weighted by atomic mass is 32.1. The van der Waals surface area contributed by atoms with Gasteiger partial charge in [0.25, 0.3) is 5.91 Å². The van der Waals surface area contributed by atoms with Crippen LogP contribution in [0.4, 0.5) is 5.69 Å². The molecule has 0 spiro atoms. The Morgan fingerprint density at radius 2 is 2.20 bits per heavy atom. The number of hydrogen-bond donors (Lipinski definition) is 2. The number of carbonyl (C=O) groups is 2. The zero-order chi connectivity index (χ0) is 14.5. The lowest BCUT2D eigenvalue weighted by Gasteiger charge is -2.06. The second-order valence-corrected chi connectivity index (χ2v) is 4.76. The molecule has 0 unspecified atom stereocenters. The van der Waals surface area contributed by atoms with Crippen LogP contribution in [0.1, 0.15) is 20.8 Å². The Bertz CT molecular complexity index is 666. The number of anilines is 1. The van der Waals surface area contributed by atoms with Crippen molar-refractivity contribution in [2.24, 2.45) is 0 Å². The molecule has 2 rings (SSSR count). The predicted molar refractivity (Wildman–Crippen MR) is 75.7 cm³/mol. The molecule has 0 radical (unpaired) electrons. The minimum absolute atomic E-state index is 0.294. The summed E-state index contributed by atoms with van der Waals surface area (Å²) in [5, 5.41) is 14.9. The van der Waals surface area contributed by atoms with E-state index in [-0.39, 0.29) is 5.91 Å². The summed E-state index contributed by atoms with van der Waals surface area (Å²) in [6, 6.07) is 5.27. The predicted octanol–water partition coefficient (Wildman–Crippen LogP) is 2.20. The zero-order valence-corrected chi connectivity index (χ0v) is 11.3. The fraction of sp³-hybridized carbons (Fsp3) is 0.0769. The van der Waals surface area contributed by atoms with E-state index in [2.05, 4.69) is 14.9 Å². The Morgan fingerprint density at radius 1 is 1.40 bits per heavy atom. The molecule has 1 heterocycles. The molecular formula is C13H11N3O3S. The quantitative estimate of drug-likeness (QED) is 0.842. The second kappa shape index (κ2) is 6.07. The number of carboxylic acids is 1. The summed E-state index contributed by atoms with van der Waals surface area (Å²) < 4.78 is 3.62. The molecule has 1 aromatic carbocycles. The molecule has 0 aliphatic carbocycles. The molecule has 0 saturated heterocycles. The van der Waals surface area contributed by atoms with Gasteiger partial charge in [-0.25, -0.2) is 4.79 Å². The van der Waals surface area contributed by atoms with Crippen LogP contribution in [-0.4, -0.2) is 26.6 Å². The lowest BCUT2D eigenvalue weighted by atomic mass is 10.1. The Balaban J connectivity index is 2.19. The van der Waals surface area contributed by atoms with Crippen LogP contribution >= 0.6 is 11.5 Å². The number of carboxylic acid groups (broad SMARTS) is 1. The number of nitrogens with zero attached hydrogens (tertiary/aromatic N) is 2. The minimum Gasteiger partial charge on any atom is -0.478 e. The fourth-order valence-corrected chi connectivity index (χ4v) is 1.93. The van der Waals surface area contributed by atoms with Crippen LogP contribution in [0.5, 0.6) is 0 Å². The van der Waals surface area contributed by atoms with Crippen molar-refractivity contribution in [3.8, 4) is 0 Å². The van der Waals surface area contributed by atoms with Gasteiger partial charge in [-0.2, -0.15) is 0 Å². The van der Waals surface area contributed by atoms with Crippen LogP contribution < -0.4 is 5.32 Å². The van der Waals surface area contributed by atoms with Crippen LogP contribution in [0.2, 0.25) is 0 Å². The number of hydrogen-bond acceptors (Lipinski definition) is 5. The van der Waals surface area contributed by atoms with E-state index in [1.165, 1.54) is 12.3 Å². The largest absolute Gasteiger partial charge is 0.478 e. The van der Waals surface area contributed by atoms with Crippen LogP contribution in [0.25, 0.3) is 6.08 Å². The molecule has 20 heavy (non-hydrogen) atoms. The topological polar surface area (TPSA) is 92.2 Å². The summed E-state index contributed by atoms with van der Waals surface area (Å²) in [5.74, 6) is -1.31. The molecule has 0 aliphatic heterocycles. The van der Waals surface area contributed by atoms with Gasteiger partial charge >= 0.3 is 5.97 Å². The van der Waals surface area contributed by atoms with Gasteiger partial charge in [0.2, 0.25) is 0 Å². The summed E-state index contributed by atoms with van der Waals surface area (Å²) in [5.41, 5.74) is 2.23. The molecule has 0 fully saturated rings. The SMILES string of the molecule is Cc1ccc(NC(=O)c2cnns2)cc1C=CC(=O)O. The maximum Gasteiger partial charge on any atom is 0.328 e. The fourth-order valence-electron chi connectivity index (χ4n) is 1.52. The van der Waals surface area contributed by atoms with Gasteiger partial charge in [0.05, 0.1) is 6.20 Å². The highest BCUT2D eigenvalue weighted by molar-refractivity contribution is 7.07. The molecule has 102 valence electrons. The number of aliphatic carboxylic acids is 1. The monoisotopic (exact) mass is 289 g/mol. The van der Waals surface area contributed by atoms with Crippen molar-refractivity contribution in [2.45, 2.75) is 6.92 Å². The molecular weight excluding hydrogens is 278 g/mol. The molecule has 1 aromatic heterocycles. The molecule has 1 amide bonds. The van der Waals surface area contributed by atoms with Crippen LogP contribution in [-0.2, 0) is 4.79 Å². The summed E-state index contributed by atoms with van der Waals surface area (Å²) in [7, 11) is 0. The first-order valence-corrected chi connectivity index (χ1v) is 6.44. The molecule has 0 atom stereocenters. The molecule has 7 heteroatoms. The molecule has 0 saturated carbocycles. The van der Waals surface area contributed by atoms with Crippen molar-refractivity contribution in [1.29, 1.82) is 0 Å². The Morgan fingerprint density at radius 3 is 2.85 bits per heavy atom.